The van der Waals surface area contributed by atoms with E-state index in [1.165, 1.54) is 15.6 Å². The van der Waals surface area contributed by atoms with Crippen molar-refractivity contribution in [1.29, 1.82) is 0 Å². The standard InChI is InChI=1S/C22H19ClN2O3S2/c1-15-8-10-19(11-9-15)25(30(26,27)21-7-4-12-29-21)14-20-16(2)28-22(24-20)17-5-3-6-18(23)13-17/h3-13H,14H2,1-2H3. The molecule has 0 aliphatic carbocycles. The minimum Gasteiger partial charge on any atom is -0.441 e. The molecular weight excluding hydrogens is 440 g/mol. The summed E-state index contributed by atoms with van der Waals surface area (Å²) in [4.78, 5) is 4.57. The van der Waals surface area contributed by atoms with Crippen molar-refractivity contribution >= 4 is 38.6 Å². The van der Waals surface area contributed by atoms with Crippen molar-refractivity contribution in [1.82, 2.24) is 4.98 Å². The van der Waals surface area contributed by atoms with Crippen LogP contribution in [0.4, 0.5) is 5.69 Å². The quantitative estimate of drug-likeness (QED) is 0.352. The molecule has 8 heteroatoms. The Hall–Kier alpha value is -2.61. The van der Waals surface area contributed by atoms with Gasteiger partial charge in [-0.15, -0.1) is 11.3 Å². The van der Waals surface area contributed by atoms with Gasteiger partial charge in [-0.25, -0.2) is 13.4 Å². The molecule has 30 heavy (non-hydrogen) atoms. The van der Waals surface area contributed by atoms with E-state index in [-0.39, 0.29) is 10.8 Å². The molecule has 154 valence electrons. The van der Waals surface area contributed by atoms with Gasteiger partial charge in [0.15, 0.2) is 0 Å². The van der Waals surface area contributed by atoms with Gasteiger partial charge in [-0.2, -0.15) is 0 Å². The maximum atomic E-state index is 13.4. The number of nitrogens with zero attached hydrogens (tertiary/aromatic N) is 2. The Kier molecular flexibility index (Phi) is 5.69. The maximum Gasteiger partial charge on any atom is 0.274 e. The van der Waals surface area contributed by atoms with Crippen LogP contribution in [-0.2, 0) is 16.6 Å². The van der Waals surface area contributed by atoms with Crippen LogP contribution in [-0.4, -0.2) is 13.4 Å². The number of hydrogen-bond donors (Lipinski definition) is 0. The van der Waals surface area contributed by atoms with E-state index in [0.717, 1.165) is 11.1 Å². The molecule has 0 spiro atoms. The van der Waals surface area contributed by atoms with Crippen LogP contribution < -0.4 is 4.31 Å². The number of anilines is 1. The number of halogens is 1. The molecule has 0 N–H and O–H groups in total. The Balaban J connectivity index is 1.75. The van der Waals surface area contributed by atoms with E-state index in [0.29, 0.717) is 28.1 Å². The van der Waals surface area contributed by atoms with Gasteiger partial charge in [0, 0.05) is 10.6 Å². The highest BCUT2D eigenvalue weighted by Crippen LogP contribution is 2.31. The molecule has 0 bridgehead atoms. The fourth-order valence-electron chi connectivity index (χ4n) is 3.00. The van der Waals surface area contributed by atoms with Crippen molar-refractivity contribution in [3.05, 3.63) is 88.1 Å². The average molecular weight is 459 g/mol. The first-order chi connectivity index (χ1) is 14.3. The molecular formula is C22H19ClN2O3S2. The Bertz CT molecular complexity index is 1260. The lowest BCUT2D eigenvalue weighted by molar-refractivity contribution is 0.539. The Labute approximate surface area is 184 Å². The minimum absolute atomic E-state index is 0.0548. The number of rotatable bonds is 6. The van der Waals surface area contributed by atoms with Gasteiger partial charge in [0.05, 0.1) is 12.2 Å². The maximum absolute atomic E-state index is 13.4. The highest BCUT2D eigenvalue weighted by atomic mass is 35.5. The molecule has 0 saturated carbocycles. The van der Waals surface area contributed by atoms with Crippen LogP contribution in [0.3, 0.4) is 0 Å². The van der Waals surface area contributed by atoms with Crippen LogP contribution in [0.15, 0.2) is 74.7 Å². The SMILES string of the molecule is Cc1ccc(N(Cc2nc(-c3cccc(Cl)c3)oc2C)S(=O)(=O)c2cccs2)cc1. The largest absolute Gasteiger partial charge is 0.441 e. The van der Waals surface area contributed by atoms with Gasteiger partial charge in [-0.1, -0.05) is 41.4 Å². The highest BCUT2D eigenvalue weighted by molar-refractivity contribution is 7.94. The van der Waals surface area contributed by atoms with E-state index in [4.69, 9.17) is 16.0 Å². The van der Waals surface area contributed by atoms with Gasteiger partial charge in [0.25, 0.3) is 10.0 Å². The zero-order valence-corrected chi connectivity index (χ0v) is 18.8. The molecule has 5 nitrogen and oxygen atoms in total. The van der Waals surface area contributed by atoms with E-state index in [2.05, 4.69) is 4.98 Å². The zero-order valence-electron chi connectivity index (χ0n) is 16.4. The van der Waals surface area contributed by atoms with Gasteiger partial charge >= 0.3 is 0 Å². The summed E-state index contributed by atoms with van der Waals surface area (Å²) in [6.07, 6.45) is 0. The second-order valence-corrected chi connectivity index (χ2v) is 10.3. The summed E-state index contributed by atoms with van der Waals surface area (Å²) in [5.41, 5.74) is 2.90. The van der Waals surface area contributed by atoms with E-state index in [9.17, 15) is 8.42 Å². The van der Waals surface area contributed by atoms with Crippen molar-refractivity contribution in [2.24, 2.45) is 0 Å². The van der Waals surface area contributed by atoms with Gasteiger partial charge in [-0.05, 0) is 55.6 Å². The summed E-state index contributed by atoms with van der Waals surface area (Å²) in [5.74, 6) is 0.964. The second-order valence-electron chi connectivity index (χ2n) is 6.81. The number of sulfonamides is 1. The lowest BCUT2D eigenvalue weighted by Gasteiger charge is -2.23. The molecule has 0 atom stereocenters. The van der Waals surface area contributed by atoms with Crippen LogP contribution in [0.5, 0.6) is 0 Å². The van der Waals surface area contributed by atoms with Crippen molar-refractivity contribution in [2.45, 2.75) is 24.6 Å². The van der Waals surface area contributed by atoms with Crippen LogP contribution in [0.1, 0.15) is 17.0 Å². The molecule has 0 aliphatic rings. The van der Waals surface area contributed by atoms with Gasteiger partial charge in [0.1, 0.15) is 15.7 Å². The second kappa shape index (κ2) is 8.26. The fraction of sp³-hybridized carbons (Fsp3) is 0.136. The molecule has 4 rings (SSSR count). The monoisotopic (exact) mass is 458 g/mol. The topological polar surface area (TPSA) is 63.4 Å². The van der Waals surface area contributed by atoms with Gasteiger partial charge in [-0.3, -0.25) is 4.31 Å². The Morgan fingerprint density at radius 2 is 1.83 bits per heavy atom. The number of aryl methyl sites for hydroxylation is 2. The lowest BCUT2D eigenvalue weighted by atomic mass is 10.2. The third-order valence-corrected chi connectivity index (χ3v) is 8.00. The molecule has 2 heterocycles. The highest BCUT2D eigenvalue weighted by Gasteiger charge is 2.28. The normalized spacial score (nSPS) is 11.6. The Morgan fingerprint density at radius 1 is 1.07 bits per heavy atom. The molecule has 0 radical (unpaired) electrons. The molecule has 2 aromatic heterocycles. The molecule has 2 aromatic carbocycles. The van der Waals surface area contributed by atoms with E-state index in [1.807, 2.05) is 31.2 Å². The van der Waals surface area contributed by atoms with Gasteiger partial charge < -0.3 is 4.42 Å². The minimum atomic E-state index is -3.75. The average Bonchev–Trinajstić information content (AvgIpc) is 3.38. The first-order valence-electron chi connectivity index (χ1n) is 9.20. The van der Waals surface area contributed by atoms with Crippen LogP contribution in [0, 0.1) is 13.8 Å². The number of thiophene rings is 1. The van der Waals surface area contributed by atoms with Gasteiger partial charge in [0.2, 0.25) is 5.89 Å². The number of aromatic nitrogens is 1. The molecule has 0 saturated heterocycles. The predicted octanol–water partition coefficient (Wildman–Crippen LogP) is 6.07. The summed E-state index contributed by atoms with van der Waals surface area (Å²) < 4.78 is 34.2. The van der Waals surface area contributed by atoms with E-state index in [1.54, 1.807) is 48.7 Å². The van der Waals surface area contributed by atoms with Crippen LogP contribution in [0.25, 0.3) is 11.5 Å². The predicted molar refractivity (Wildman–Crippen MR) is 121 cm³/mol. The summed E-state index contributed by atoms with van der Waals surface area (Å²) in [7, 11) is -3.75. The van der Waals surface area contributed by atoms with E-state index < -0.39 is 10.0 Å². The van der Waals surface area contributed by atoms with Crippen LogP contribution >= 0.6 is 22.9 Å². The number of benzene rings is 2. The third-order valence-electron chi connectivity index (χ3n) is 4.62. The fourth-order valence-corrected chi connectivity index (χ4v) is 5.72. The first-order valence-corrected chi connectivity index (χ1v) is 11.9. The Morgan fingerprint density at radius 3 is 2.50 bits per heavy atom. The van der Waals surface area contributed by atoms with Crippen molar-refractivity contribution in [2.75, 3.05) is 4.31 Å². The summed E-state index contributed by atoms with van der Waals surface area (Å²) in [6, 6.07) is 17.9. The number of hydrogen-bond acceptors (Lipinski definition) is 5. The summed E-state index contributed by atoms with van der Waals surface area (Å²) in [6.45, 7) is 3.79. The third kappa shape index (κ3) is 4.14. The molecule has 4 aromatic rings. The molecule has 0 fully saturated rings. The zero-order chi connectivity index (χ0) is 21.3. The van der Waals surface area contributed by atoms with Crippen molar-refractivity contribution < 1.29 is 12.8 Å². The summed E-state index contributed by atoms with van der Waals surface area (Å²) in [5, 5.41) is 2.32. The smallest absolute Gasteiger partial charge is 0.274 e. The number of oxazole rings is 1. The molecule has 0 aliphatic heterocycles. The lowest BCUT2D eigenvalue weighted by Crippen LogP contribution is -2.30. The first kappa shape index (κ1) is 20.7. The van der Waals surface area contributed by atoms with Crippen LogP contribution in [0.2, 0.25) is 5.02 Å². The van der Waals surface area contributed by atoms with E-state index >= 15 is 0 Å². The van der Waals surface area contributed by atoms with Crippen molar-refractivity contribution in [3.8, 4) is 11.5 Å². The molecule has 0 amide bonds. The summed E-state index contributed by atoms with van der Waals surface area (Å²) >= 11 is 7.27. The van der Waals surface area contributed by atoms with Crippen molar-refractivity contribution in [3.63, 3.8) is 0 Å². The molecule has 0 unspecified atom stereocenters.